The molecule has 282 valence electrons. The van der Waals surface area contributed by atoms with E-state index in [1.807, 2.05) is 0 Å². The second-order valence-electron chi connectivity index (χ2n) is 12.0. The molecule has 0 radical (unpaired) electrons. The van der Waals surface area contributed by atoms with Gasteiger partial charge in [-0.05, 0) is 45.4 Å². The molecule has 52 heavy (non-hydrogen) atoms. The van der Waals surface area contributed by atoms with Crippen LogP contribution in [-0.2, 0) is 44.4 Å². The predicted octanol–water partition coefficient (Wildman–Crippen LogP) is 2.73. The number of para-hydroxylation sites is 1. The number of esters is 2. The molecular formula is C33H40FN4O13P. The third-order valence-electron chi connectivity index (χ3n) is 7.65. The molecule has 0 spiro atoms. The van der Waals surface area contributed by atoms with E-state index in [4.69, 9.17) is 23.3 Å². The molecule has 0 unspecified atom stereocenters. The third kappa shape index (κ3) is 9.71. The zero-order chi connectivity index (χ0) is 38.2. The van der Waals surface area contributed by atoms with Crippen molar-refractivity contribution in [3.8, 4) is 5.75 Å². The number of alkyl carbamates (subject to hydrolysis) is 1. The first-order valence-corrected chi connectivity index (χ1v) is 17.5. The van der Waals surface area contributed by atoms with E-state index < -0.39 is 92.7 Å². The van der Waals surface area contributed by atoms with Crippen LogP contribution in [0.25, 0.3) is 0 Å². The van der Waals surface area contributed by atoms with Gasteiger partial charge in [-0.15, -0.1) is 0 Å². The first kappa shape index (κ1) is 39.9. The maximum atomic E-state index is 16.2. The number of hydrogen-bond acceptors (Lipinski definition) is 13. The Morgan fingerprint density at radius 2 is 1.65 bits per heavy atom. The second-order valence-corrected chi connectivity index (χ2v) is 13.7. The van der Waals surface area contributed by atoms with Gasteiger partial charge in [0.05, 0.1) is 19.8 Å². The molecule has 4 rings (SSSR count). The molecule has 3 N–H and O–H groups in total. The van der Waals surface area contributed by atoms with E-state index in [9.17, 15) is 33.6 Å². The Balaban J connectivity index is 1.53. The Morgan fingerprint density at radius 1 is 1.02 bits per heavy atom. The number of nitrogens with zero attached hydrogens (tertiary/aromatic N) is 2. The number of aliphatic hydroxyl groups is 1. The molecule has 1 fully saturated rings. The molecule has 2 heterocycles. The molecule has 0 bridgehead atoms. The maximum Gasteiger partial charge on any atom is 0.459 e. The molecule has 2 aromatic carbocycles. The molecule has 0 aliphatic carbocycles. The molecule has 1 saturated heterocycles. The fourth-order valence-electron chi connectivity index (χ4n) is 5.00. The quantitative estimate of drug-likeness (QED) is 0.116. The zero-order valence-corrected chi connectivity index (χ0v) is 29.8. The van der Waals surface area contributed by atoms with Gasteiger partial charge in [-0.3, -0.25) is 18.7 Å². The van der Waals surface area contributed by atoms with Gasteiger partial charge in [0.15, 0.2) is 24.7 Å². The Labute approximate surface area is 297 Å². The van der Waals surface area contributed by atoms with Gasteiger partial charge < -0.3 is 33.9 Å². The van der Waals surface area contributed by atoms with E-state index in [0.717, 1.165) is 26.3 Å². The van der Waals surface area contributed by atoms with Crippen molar-refractivity contribution in [1.29, 1.82) is 0 Å². The fourth-order valence-corrected chi connectivity index (χ4v) is 6.50. The summed E-state index contributed by atoms with van der Waals surface area (Å²) in [4.78, 5) is 63.6. The first-order chi connectivity index (χ1) is 24.6. The normalized spacial score (nSPS) is 22.1. The number of benzene rings is 2. The molecule has 0 saturated carbocycles. The highest BCUT2D eigenvalue weighted by Gasteiger charge is 2.56. The van der Waals surface area contributed by atoms with Crippen LogP contribution in [0.2, 0.25) is 0 Å². The summed E-state index contributed by atoms with van der Waals surface area (Å²) in [6, 6.07) is 14.1. The summed E-state index contributed by atoms with van der Waals surface area (Å²) in [6.45, 7) is 3.84. The largest absolute Gasteiger partial charge is 0.462 e. The second kappa shape index (κ2) is 17.1. The smallest absolute Gasteiger partial charge is 0.459 e. The van der Waals surface area contributed by atoms with E-state index in [1.165, 1.54) is 31.2 Å². The highest BCUT2D eigenvalue weighted by molar-refractivity contribution is 7.52. The van der Waals surface area contributed by atoms with Gasteiger partial charge >= 0.3 is 31.5 Å². The van der Waals surface area contributed by atoms with Crippen molar-refractivity contribution in [3.05, 3.63) is 99.3 Å². The van der Waals surface area contributed by atoms with Crippen molar-refractivity contribution in [2.24, 2.45) is 0 Å². The molecule has 1 aliphatic heterocycles. The standard InChI is InChI=1S/C33H40FN4O13P/c1-20(2)49-28(41)21(3)36-52(45,51-23-14-10-7-11-15-23)48-18-24-27(40)33(4,34)30(50-24)37-17-16-25(39)38(32(37)44)19-47-29(42)26(35-31(43)46-5)22-12-8-6-9-13-22/h6-17,20-21,24,26-27,30,40H,18-19H2,1-5H3,(H,35,43)(H,36,45)/t21-,24+,26+,27+,30+,33+,52-/m0/s1. The van der Waals surface area contributed by atoms with Gasteiger partial charge in [0.25, 0.3) is 5.56 Å². The van der Waals surface area contributed by atoms with Crippen LogP contribution in [0.3, 0.4) is 0 Å². The van der Waals surface area contributed by atoms with E-state index in [2.05, 4.69) is 15.1 Å². The molecule has 1 aromatic heterocycles. The summed E-state index contributed by atoms with van der Waals surface area (Å²) >= 11 is 0. The van der Waals surface area contributed by atoms with Gasteiger partial charge in [-0.1, -0.05) is 48.5 Å². The van der Waals surface area contributed by atoms with Crippen molar-refractivity contribution in [2.45, 2.75) is 76.7 Å². The van der Waals surface area contributed by atoms with Crippen molar-refractivity contribution in [1.82, 2.24) is 19.5 Å². The summed E-state index contributed by atoms with van der Waals surface area (Å²) in [5, 5.41) is 15.7. The molecule has 19 heteroatoms. The number of ether oxygens (including phenoxy) is 4. The lowest BCUT2D eigenvalue weighted by molar-refractivity contribution is -0.150. The van der Waals surface area contributed by atoms with Crippen LogP contribution in [0.5, 0.6) is 5.75 Å². The lowest BCUT2D eigenvalue weighted by atomic mass is 9.98. The predicted molar refractivity (Wildman–Crippen MR) is 180 cm³/mol. The van der Waals surface area contributed by atoms with Gasteiger partial charge in [-0.25, -0.2) is 27.9 Å². The van der Waals surface area contributed by atoms with E-state index in [0.29, 0.717) is 14.7 Å². The summed E-state index contributed by atoms with van der Waals surface area (Å²) in [6.07, 6.45) is -5.91. The topological polar surface area (TPSA) is 212 Å². The highest BCUT2D eigenvalue weighted by atomic mass is 31.2. The molecule has 17 nitrogen and oxygen atoms in total. The van der Waals surface area contributed by atoms with Crippen molar-refractivity contribution >= 4 is 25.8 Å². The van der Waals surface area contributed by atoms with Crippen molar-refractivity contribution < 1.29 is 56.4 Å². The van der Waals surface area contributed by atoms with Crippen LogP contribution in [0, 0.1) is 0 Å². The monoisotopic (exact) mass is 750 g/mol. The van der Waals surface area contributed by atoms with Crippen LogP contribution in [0.4, 0.5) is 9.18 Å². The van der Waals surface area contributed by atoms with Gasteiger partial charge in [0.1, 0.15) is 24.0 Å². The number of halogens is 1. The Hall–Kier alpha value is -4.87. The summed E-state index contributed by atoms with van der Waals surface area (Å²) in [7, 11) is -3.36. The van der Waals surface area contributed by atoms with Gasteiger partial charge in [0.2, 0.25) is 0 Å². The number of methoxy groups -OCH3 is 1. The fraction of sp³-hybridized carbons (Fsp3) is 0.424. The van der Waals surface area contributed by atoms with E-state index >= 15 is 4.39 Å². The zero-order valence-electron chi connectivity index (χ0n) is 28.9. The minimum atomic E-state index is -4.45. The summed E-state index contributed by atoms with van der Waals surface area (Å²) in [5.74, 6) is -1.73. The molecule has 1 aliphatic rings. The van der Waals surface area contributed by atoms with Crippen LogP contribution in [0.15, 0.2) is 82.5 Å². The number of nitrogens with one attached hydrogen (secondary N) is 2. The van der Waals surface area contributed by atoms with Crippen LogP contribution < -0.4 is 26.2 Å². The Morgan fingerprint density at radius 3 is 2.27 bits per heavy atom. The lowest BCUT2D eigenvalue weighted by Gasteiger charge is -2.26. The number of aromatic nitrogens is 2. The number of amides is 1. The molecule has 7 atom stereocenters. The lowest BCUT2D eigenvalue weighted by Crippen LogP contribution is -2.47. The van der Waals surface area contributed by atoms with Crippen LogP contribution >= 0.6 is 7.75 Å². The number of carbonyl (C=O) groups is 3. The Kier molecular flexibility index (Phi) is 13.1. The highest BCUT2D eigenvalue weighted by Crippen LogP contribution is 2.47. The Bertz CT molecular complexity index is 1870. The number of hydrogen-bond donors (Lipinski definition) is 3. The molecule has 3 aromatic rings. The average Bonchev–Trinajstić information content (AvgIpc) is 3.33. The summed E-state index contributed by atoms with van der Waals surface area (Å²) in [5.41, 5.74) is -4.51. The minimum absolute atomic E-state index is 0.0922. The number of alkyl halides is 1. The minimum Gasteiger partial charge on any atom is -0.462 e. The number of carbonyl (C=O) groups excluding carboxylic acids is 3. The van der Waals surface area contributed by atoms with Crippen LogP contribution in [0.1, 0.15) is 45.5 Å². The van der Waals surface area contributed by atoms with E-state index in [1.54, 1.807) is 50.2 Å². The van der Waals surface area contributed by atoms with Gasteiger partial charge in [0, 0.05) is 12.3 Å². The van der Waals surface area contributed by atoms with Crippen molar-refractivity contribution in [3.63, 3.8) is 0 Å². The van der Waals surface area contributed by atoms with Gasteiger partial charge in [-0.2, -0.15) is 5.09 Å². The number of rotatable bonds is 15. The SMILES string of the molecule is COC(=O)N[C@@H](C(=O)OCn1c(=O)ccn([C@@H]2O[C@H](CO[P@@](=O)(N[C@@H](C)C(=O)OC(C)C)Oc3ccccc3)[C@@H](O)[C@@]2(C)F)c1=O)c1ccccc1. The van der Waals surface area contributed by atoms with Crippen LogP contribution in [-0.4, -0.2) is 76.0 Å². The van der Waals surface area contributed by atoms with E-state index in [-0.39, 0.29) is 5.75 Å². The molecular weight excluding hydrogens is 710 g/mol. The summed E-state index contributed by atoms with van der Waals surface area (Å²) < 4.78 is 63.0. The maximum absolute atomic E-state index is 16.2. The average molecular weight is 751 g/mol. The number of aliphatic hydroxyl groups excluding tert-OH is 1. The third-order valence-corrected chi connectivity index (χ3v) is 9.30. The molecule has 1 amide bonds. The first-order valence-electron chi connectivity index (χ1n) is 15.9. The van der Waals surface area contributed by atoms with Crippen molar-refractivity contribution in [2.75, 3.05) is 13.7 Å².